The minimum Gasteiger partial charge on any atom is -0.322 e. The first-order chi connectivity index (χ1) is 13.2. The quantitative estimate of drug-likeness (QED) is 0.739. The monoisotopic (exact) mass is 380 g/mol. The summed E-state index contributed by atoms with van der Waals surface area (Å²) in [7, 11) is 0. The van der Waals surface area contributed by atoms with Crippen LogP contribution < -0.4 is 5.32 Å². The van der Waals surface area contributed by atoms with Crippen LogP contribution in [0.4, 0.5) is 10.5 Å². The smallest absolute Gasteiger partial charge is 0.321 e. The predicted octanol–water partition coefficient (Wildman–Crippen LogP) is 4.24. The van der Waals surface area contributed by atoms with E-state index in [1.54, 1.807) is 6.20 Å². The number of aromatic nitrogens is 1. The van der Waals surface area contributed by atoms with Gasteiger partial charge in [-0.2, -0.15) is 0 Å². The van der Waals surface area contributed by atoms with Crippen LogP contribution in [0.5, 0.6) is 0 Å². The maximum absolute atomic E-state index is 12.7. The van der Waals surface area contributed by atoms with E-state index in [2.05, 4.69) is 21.3 Å². The molecule has 1 aliphatic rings. The lowest BCUT2D eigenvalue weighted by molar-refractivity contribution is 0.143. The van der Waals surface area contributed by atoms with Crippen LogP contribution in [-0.2, 0) is 6.54 Å². The number of nitrogens with one attached hydrogen (secondary N) is 1. The standard InChI is InChI=1S/C21H21ClN4O/c22-18-8-2-1-5-17(18)15-25-11-13-26(14-12-25)21(27)24-19-9-3-6-16-7-4-10-23-20(16)19/h1-10H,11-15H2,(H,24,27). The molecule has 1 N–H and O–H groups in total. The fourth-order valence-corrected chi connectivity index (χ4v) is 3.57. The van der Waals surface area contributed by atoms with E-state index in [9.17, 15) is 4.79 Å². The van der Waals surface area contributed by atoms with E-state index in [0.717, 1.165) is 46.8 Å². The Hall–Kier alpha value is -2.63. The summed E-state index contributed by atoms with van der Waals surface area (Å²) < 4.78 is 0. The van der Waals surface area contributed by atoms with Gasteiger partial charge in [-0.05, 0) is 23.8 Å². The number of rotatable bonds is 3. The molecule has 0 spiro atoms. The molecule has 27 heavy (non-hydrogen) atoms. The molecule has 4 rings (SSSR count). The van der Waals surface area contributed by atoms with Crippen LogP contribution in [0, 0.1) is 0 Å². The highest BCUT2D eigenvalue weighted by Crippen LogP contribution is 2.22. The number of anilines is 1. The molecule has 0 aliphatic carbocycles. The molecular formula is C21H21ClN4O. The van der Waals surface area contributed by atoms with Gasteiger partial charge in [-0.3, -0.25) is 9.88 Å². The maximum Gasteiger partial charge on any atom is 0.321 e. The molecule has 1 aliphatic heterocycles. The Morgan fingerprint density at radius 1 is 1.00 bits per heavy atom. The fraction of sp³-hybridized carbons (Fsp3) is 0.238. The summed E-state index contributed by atoms with van der Waals surface area (Å²) in [6.45, 7) is 3.84. The third-order valence-electron chi connectivity index (χ3n) is 4.89. The van der Waals surface area contributed by atoms with Gasteiger partial charge in [0.05, 0.1) is 11.2 Å². The van der Waals surface area contributed by atoms with E-state index in [4.69, 9.17) is 11.6 Å². The highest BCUT2D eigenvalue weighted by molar-refractivity contribution is 6.31. The van der Waals surface area contributed by atoms with Gasteiger partial charge in [0.1, 0.15) is 0 Å². The molecule has 0 unspecified atom stereocenters. The summed E-state index contributed by atoms with van der Waals surface area (Å²) in [5.74, 6) is 0. The molecule has 0 radical (unpaired) electrons. The lowest BCUT2D eigenvalue weighted by Gasteiger charge is -2.34. The number of piperazine rings is 1. The van der Waals surface area contributed by atoms with E-state index in [0.29, 0.717) is 13.1 Å². The molecule has 2 amide bonds. The average Bonchev–Trinajstić information content (AvgIpc) is 2.70. The zero-order chi connectivity index (χ0) is 18.6. The molecule has 2 aromatic carbocycles. The zero-order valence-electron chi connectivity index (χ0n) is 14.9. The third-order valence-corrected chi connectivity index (χ3v) is 5.25. The van der Waals surface area contributed by atoms with Crippen LogP contribution >= 0.6 is 11.6 Å². The molecule has 1 saturated heterocycles. The molecule has 3 aromatic rings. The van der Waals surface area contributed by atoms with E-state index in [-0.39, 0.29) is 6.03 Å². The van der Waals surface area contributed by atoms with Gasteiger partial charge in [0.2, 0.25) is 0 Å². The first-order valence-corrected chi connectivity index (χ1v) is 9.44. The van der Waals surface area contributed by atoms with Gasteiger partial charge in [-0.15, -0.1) is 0 Å². The van der Waals surface area contributed by atoms with Gasteiger partial charge in [-0.25, -0.2) is 4.79 Å². The number of carbonyl (C=O) groups excluding carboxylic acids is 1. The van der Waals surface area contributed by atoms with Crippen molar-refractivity contribution in [3.63, 3.8) is 0 Å². The SMILES string of the molecule is O=C(Nc1cccc2cccnc12)N1CCN(Cc2ccccc2Cl)CC1. The van der Waals surface area contributed by atoms with Crippen LogP contribution in [0.2, 0.25) is 5.02 Å². The fourth-order valence-electron chi connectivity index (χ4n) is 3.38. The summed E-state index contributed by atoms with van der Waals surface area (Å²) in [4.78, 5) is 21.2. The molecular weight excluding hydrogens is 360 g/mol. The van der Waals surface area contributed by atoms with Crippen molar-refractivity contribution in [3.8, 4) is 0 Å². The van der Waals surface area contributed by atoms with Gasteiger partial charge in [0, 0.05) is 49.3 Å². The van der Waals surface area contributed by atoms with Crippen LogP contribution in [0.3, 0.4) is 0 Å². The number of hydrogen-bond donors (Lipinski definition) is 1. The summed E-state index contributed by atoms with van der Waals surface area (Å²) >= 11 is 6.25. The number of halogens is 1. The second kappa shape index (κ2) is 7.94. The van der Waals surface area contributed by atoms with Crippen molar-refractivity contribution in [2.75, 3.05) is 31.5 Å². The maximum atomic E-state index is 12.7. The molecule has 1 fully saturated rings. The Labute approximate surface area is 163 Å². The number of carbonyl (C=O) groups is 1. The minimum atomic E-state index is -0.0782. The number of urea groups is 1. The van der Waals surface area contributed by atoms with Gasteiger partial charge in [0.25, 0.3) is 0 Å². The molecule has 0 atom stereocenters. The molecule has 1 aromatic heterocycles. The van der Waals surface area contributed by atoms with Crippen LogP contribution in [0.15, 0.2) is 60.8 Å². The molecule has 0 saturated carbocycles. The second-order valence-electron chi connectivity index (χ2n) is 6.67. The van der Waals surface area contributed by atoms with Crippen molar-refractivity contribution in [2.24, 2.45) is 0 Å². The highest BCUT2D eigenvalue weighted by Gasteiger charge is 2.22. The summed E-state index contributed by atoms with van der Waals surface area (Å²) in [5, 5.41) is 4.82. The second-order valence-corrected chi connectivity index (χ2v) is 7.07. The number of pyridine rings is 1. The van der Waals surface area contributed by atoms with Crippen molar-refractivity contribution < 1.29 is 4.79 Å². The van der Waals surface area contributed by atoms with Crippen molar-refractivity contribution in [1.29, 1.82) is 0 Å². The Morgan fingerprint density at radius 2 is 1.78 bits per heavy atom. The Morgan fingerprint density at radius 3 is 2.59 bits per heavy atom. The van der Waals surface area contributed by atoms with Crippen molar-refractivity contribution in [3.05, 3.63) is 71.4 Å². The van der Waals surface area contributed by atoms with E-state index in [1.165, 1.54) is 0 Å². The van der Waals surface area contributed by atoms with Crippen molar-refractivity contribution in [1.82, 2.24) is 14.8 Å². The number of fused-ring (bicyclic) bond motifs is 1. The van der Waals surface area contributed by atoms with Crippen LogP contribution in [-0.4, -0.2) is 47.0 Å². The molecule has 0 bridgehead atoms. The van der Waals surface area contributed by atoms with Crippen LogP contribution in [0.25, 0.3) is 10.9 Å². The Kier molecular flexibility index (Phi) is 5.23. The van der Waals surface area contributed by atoms with Gasteiger partial charge in [-0.1, -0.05) is 48.0 Å². The molecule has 2 heterocycles. The van der Waals surface area contributed by atoms with Crippen molar-refractivity contribution >= 4 is 34.2 Å². The van der Waals surface area contributed by atoms with Gasteiger partial charge < -0.3 is 10.2 Å². The normalized spacial score (nSPS) is 15.1. The van der Waals surface area contributed by atoms with E-state index < -0.39 is 0 Å². The highest BCUT2D eigenvalue weighted by atomic mass is 35.5. The van der Waals surface area contributed by atoms with Gasteiger partial charge >= 0.3 is 6.03 Å². The number of hydrogen-bond acceptors (Lipinski definition) is 3. The number of nitrogens with zero attached hydrogens (tertiary/aromatic N) is 3. The Balaban J connectivity index is 1.37. The average molecular weight is 381 g/mol. The molecule has 6 heteroatoms. The number of benzene rings is 2. The zero-order valence-corrected chi connectivity index (χ0v) is 15.7. The first kappa shape index (κ1) is 17.8. The summed E-state index contributed by atoms with van der Waals surface area (Å²) in [6, 6.07) is 17.5. The topological polar surface area (TPSA) is 48.5 Å². The van der Waals surface area contributed by atoms with Gasteiger partial charge in [0.15, 0.2) is 0 Å². The predicted molar refractivity (Wildman–Crippen MR) is 109 cm³/mol. The largest absolute Gasteiger partial charge is 0.322 e. The molecule has 5 nitrogen and oxygen atoms in total. The van der Waals surface area contributed by atoms with Crippen LogP contribution in [0.1, 0.15) is 5.56 Å². The third kappa shape index (κ3) is 4.04. The lowest BCUT2D eigenvalue weighted by atomic mass is 10.2. The van der Waals surface area contributed by atoms with E-state index >= 15 is 0 Å². The minimum absolute atomic E-state index is 0.0782. The van der Waals surface area contributed by atoms with Crippen molar-refractivity contribution in [2.45, 2.75) is 6.54 Å². The summed E-state index contributed by atoms with van der Waals surface area (Å²) in [6.07, 6.45) is 1.74. The Bertz CT molecular complexity index is 948. The number of para-hydroxylation sites is 1. The van der Waals surface area contributed by atoms with E-state index in [1.807, 2.05) is 53.4 Å². The summed E-state index contributed by atoms with van der Waals surface area (Å²) in [5.41, 5.74) is 2.68. The first-order valence-electron chi connectivity index (χ1n) is 9.06. The lowest BCUT2D eigenvalue weighted by Crippen LogP contribution is -2.49. The number of amides is 2. The molecule has 138 valence electrons.